The highest BCUT2D eigenvalue weighted by Crippen LogP contribution is 2.17. The maximum absolute atomic E-state index is 12.5. The maximum atomic E-state index is 12.5. The summed E-state index contributed by atoms with van der Waals surface area (Å²) in [6.07, 6.45) is 65.7. The third-order valence-corrected chi connectivity index (χ3v) is 12.5. The van der Waals surface area contributed by atoms with E-state index < -0.39 is 12.1 Å². The number of rotatable bonds is 49. The van der Waals surface area contributed by atoms with Gasteiger partial charge in [0.05, 0.1) is 18.8 Å². The van der Waals surface area contributed by atoms with E-state index in [0.717, 1.165) is 32.1 Å². The Hall–Kier alpha value is -1.13. The zero-order valence-corrected chi connectivity index (χ0v) is 39.6. The highest BCUT2D eigenvalue weighted by Gasteiger charge is 2.20. The molecule has 2 unspecified atom stereocenters. The summed E-state index contributed by atoms with van der Waals surface area (Å²) in [5.41, 5.74) is 0. The molecule has 1 amide bonds. The molecule has 4 nitrogen and oxygen atoms in total. The van der Waals surface area contributed by atoms with Crippen molar-refractivity contribution >= 4 is 5.91 Å². The first-order chi connectivity index (χ1) is 28.7. The monoisotopic (exact) mass is 816 g/mol. The van der Waals surface area contributed by atoms with Crippen molar-refractivity contribution in [3.8, 4) is 0 Å². The Morgan fingerprint density at radius 1 is 0.414 bits per heavy atom. The minimum atomic E-state index is -0.661. The first kappa shape index (κ1) is 56.9. The fourth-order valence-electron chi connectivity index (χ4n) is 8.39. The second-order valence-electron chi connectivity index (χ2n) is 18.3. The number of hydrogen-bond donors (Lipinski definition) is 3. The Bertz CT molecular complexity index is 840. The Morgan fingerprint density at radius 2 is 0.707 bits per heavy atom. The van der Waals surface area contributed by atoms with Gasteiger partial charge in [0.2, 0.25) is 5.91 Å². The SMILES string of the molecule is CCCCCCCCCCC/C=C\C/C=C\CCCCCCCCCCCC(=O)NC(CO)C(O)CCCCCCCCCCCCCCCCCCCCCCC. The van der Waals surface area contributed by atoms with Crippen LogP contribution in [0.5, 0.6) is 0 Å². The van der Waals surface area contributed by atoms with E-state index in [9.17, 15) is 15.0 Å². The molecule has 58 heavy (non-hydrogen) atoms. The molecular formula is C54H105NO3. The Balaban J connectivity index is 3.47. The lowest BCUT2D eigenvalue weighted by Gasteiger charge is -2.22. The predicted molar refractivity (Wildman–Crippen MR) is 258 cm³/mol. The quantitative estimate of drug-likeness (QED) is 0.0423. The summed E-state index contributed by atoms with van der Waals surface area (Å²) in [7, 11) is 0. The number of nitrogens with one attached hydrogen (secondary N) is 1. The van der Waals surface area contributed by atoms with Crippen molar-refractivity contribution in [1.29, 1.82) is 0 Å². The van der Waals surface area contributed by atoms with Gasteiger partial charge in [0.25, 0.3) is 0 Å². The van der Waals surface area contributed by atoms with E-state index in [2.05, 4.69) is 43.5 Å². The Kier molecular flexibility index (Phi) is 49.2. The van der Waals surface area contributed by atoms with Gasteiger partial charge in [-0.15, -0.1) is 0 Å². The van der Waals surface area contributed by atoms with E-state index in [1.54, 1.807) is 0 Å². The number of hydrogen-bond acceptors (Lipinski definition) is 3. The zero-order chi connectivity index (χ0) is 42.1. The van der Waals surface area contributed by atoms with Crippen LogP contribution < -0.4 is 5.32 Å². The van der Waals surface area contributed by atoms with E-state index in [0.29, 0.717) is 12.8 Å². The molecular weight excluding hydrogens is 711 g/mol. The van der Waals surface area contributed by atoms with Crippen LogP contribution in [0.1, 0.15) is 296 Å². The molecule has 0 saturated heterocycles. The zero-order valence-electron chi connectivity index (χ0n) is 39.6. The van der Waals surface area contributed by atoms with Gasteiger partial charge < -0.3 is 15.5 Å². The van der Waals surface area contributed by atoms with Crippen LogP contribution in [-0.2, 0) is 4.79 Å². The van der Waals surface area contributed by atoms with E-state index in [-0.39, 0.29) is 12.5 Å². The van der Waals surface area contributed by atoms with E-state index in [1.165, 1.54) is 238 Å². The normalized spacial score (nSPS) is 13.0. The van der Waals surface area contributed by atoms with Crippen molar-refractivity contribution in [3.05, 3.63) is 24.3 Å². The number of amides is 1. The Labute approximate surface area is 364 Å². The molecule has 3 N–H and O–H groups in total. The number of carbonyl (C=O) groups excluding carboxylic acids is 1. The average molecular weight is 816 g/mol. The standard InChI is InChI=1S/C54H105NO3/c1-3-5-7-9-11-13-15-17-19-21-23-25-26-27-28-30-32-34-36-38-40-42-44-46-48-50-54(58)55-52(51-56)53(57)49-47-45-43-41-39-37-35-33-31-29-24-22-20-18-16-14-12-10-8-6-4-2/h23,25,27-28,52-53,56-57H,3-22,24,26,29-51H2,1-2H3,(H,55,58)/b25-23-,28-27-. The molecule has 0 aliphatic carbocycles. The molecule has 0 fully saturated rings. The second kappa shape index (κ2) is 50.2. The van der Waals surface area contributed by atoms with Crippen LogP contribution >= 0.6 is 0 Å². The summed E-state index contributed by atoms with van der Waals surface area (Å²) in [6, 6.07) is -0.538. The van der Waals surface area contributed by atoms with Crippen molar-refractivity contribution in [2.24, 2.45) is 0 Å². The molecule has 0 aliphatic heterocycles. The average Bonchev–Trinajstić information content (AvgIpc) is 3.23. The number of unbranched alkanes of at least 4 members (excludes halogenated alkanes) is 38. The van der Waals surface area contributed by atoms with Crippen LogP contribution in [0.2, 0.25) is 0 Å². The minimum Gasteiger partial charge on any atom is -0.394 e. The number of carbonyl (C=O) groups is 1. The molecule has 0 aromatic carbocycles. The summed E-state index contributed by atoms with van der Waals surface area (Å²) in [5.74, 6) is -0.0314. The highest BCUT2D eigenvalue weighted by atomic mass is 16.3. The molecule has 0 saturated carbocycles. The van der Waals surface area contributed by atoms with Gasteiger partial charge in [0, 0.05) is 6.42 Å². The van der Waals surface area contributed by atoms with Gasteiger partial charge >= 0.3 is 0 Å². The van der Waals surface area contributed by atoms with E-state index >= 15 is 0 Å². The van der Waals surface area contributed by atoms with Crippen molar-refractivity contribution < 1.29 is 15.0 Å². The smallest absolute Gasteiger partial charge is 0.220 e. The highest BCUT2D eigenvalue weighted by molar-refractivity contribution is 5.76. The third-order valence-electron chi connectivity index (χ3n) is 12.5. The largest absolute Gasteiger partial charge is 0.394 e. The fraction of sp³-hybridized carbons (Fsp3) is 0.907. The number of aliphatic hydroxyl groups is 2. The van der Waals surface area contributed by atoms with Gasteiger partial charge in [-0.2, -0.15) is 0 Å². The lowest BCUT2D eigenvalue weighted by Crippen LogP contribution is -2.45. The molecule has 0 rings (SSSR count). The summed E-state index contributed by atoms with van der Waals surface area (Å²) in [5, 5.41) is 23.3. The van der Waals surface area contributed by atoms with Gasteiger partial charge in [0.1, 0.15) is 0 Å². The molecule has 0 spiro atoms. The minimum absolute atomic E-state index is 0.0314. The third kappa shape index (κ3) is 45.9. The summed E-state index contributed by atoms with van der Waals surface area (Å²) >= 11 is 0. The second-order valence-corrected chi connectivity index (χ2v) is 18.3. The van der Waals surface area contributed by atoms with Gasteiger partial charge in [-0.1, -0.05) is 269 Å². The van der Waals surface area contributed by atoms with Crippen LogP contribution in [0.15, 0.2) is 24.3 Å². The first-order valence-corrected chi connectivity index (χ1v) is 26.5. The summed E-state index contributed by atoms with van der Waals surface area (Å²) in [6.45, 7) is 4.39. The number of allylic oxidation sites excluding steroid dienone is 4. The summed E-state index contributed by atoms with van der Waals surface area (Å²) < 4.78 is 0. The molecule has 0 heterocycles. The van der Waals surface area contributed by atoms with E-state index in [1.807, 2.05) is 0 Å². The van der Waals surface area contributed by atoms with E-state index in [4.69, 9.17) is 0 Å². The molecule has 344 valence electrons. The van der Waals surface area contributed by atoms with Crippen LogP contribution in [0.4, 0.5) is 0 Å². The van der Waals surface area contributed by atoms with Crippen molar-refractivity contribution in [3.63, 3.8) is 0 Å². The Morgan fingerprint density at radius 3 is 1.03 bits per heavy atom. The van der Waals surface area contributed by atoms with Crippen LogP contribution in [0.3, 0.4) is 0 Å². The first-order valence-electron chi connectivity index (χ1n) is 26.5. The van der Waals surface area contributed by atoms with Crippen LogP contribution in [0, 0.1) is 0 Å². The topological polar surface area (TPSA) is 69.6 Å². The summed E-state index contributed by atoms with van der Waals surface area (Å²) in [4.78, 5) is 12.5. The molecule has 2 atom stereocenters. The molecule has 0 aromatic rings. The van der Waals surface area contributed by atoms with Crippen LogP contribution in [-0.4, -0.2) is 34.9 Å². The van der Waals surface area contributed by atoms with Gasteiger partial charge in [-0.05, 0) is 44.9 Å². The van der Waals surface area contributed by atoms with Gasteiger partial charge in [0.15, 0.2) is 0 Å². The lowest BCUT2D eigenvalue weighted by atomic mass is 10.0. The van der Waals surface area contributed by atoms with Crippen molar-refractivity contribution in [2.45, 2.75) is 309 Å². The number of aliphatic hydroxyl groups excluding tert-OH is 2. The maximum Gasteiger partial charge on any atom is 0.220 e. The van der Waals surface area contributed by atoms with Crippen LogP contribution in [0.25, 0.3) is 0 Å². The van der Waals surface area contributed by atoms with Crippen molar-refractivity contribution in [2.75, 3.05) is 6.61 Å². The van der Waals surface area contributed by atoms with Crippen molar-refractivity contribution in [1.82, 2.24) is 5.32 Å². The van der Waals surface area contributed by atoms with Gasteiger partial charge in [-0.25, -0.2) is 0 Å². The molecule has 0 bridgehead atoms. The molecule has 0 radical (unpaired) electrons. The molecule has 4 heteroatoms. The fourth-order valence-corrected chi connectivity index (χ4v) is 8.39. The molecule has 0 aliphatic rings. The van der Waals surface area contributed by atoms with Gasteiger partial charge in [-0.3, -0.25) is 4.79 Å². The predicted octanol–water partition coefficient (Wildman–Crippen LogP) is 17.1. The molecule has 0 aromatic heterocycles. The lowest BCUT2D eigenvalue weighted by molar-refractivity contribution is -0.123.